The second-order valence-electron chi connectivity index (χ2n) is 7.23. The number of rotatable bonds is 8. The summed E-state index contributed by atoms with van der Waals surface area (Å²) in [5, 5.41) is 12.3. The summed E-state index contributed by atoms with van der Waals surface area (Å²) in [5.74, 6) is -0.224. The molecule has 0 aliphatic heterocycles. The van der Waals surface area contributed by atoms with Gasteiger partial charge in [-0.15, -0.1) is 0 Å². The van der Waals surface area contributed by atoms with Gasteiger partial charge >= 0.3 is 0 Å². The van der Waals surface area contributed by atoms with Gasteiger partial charge in [-0.1, -0.05) is 26.0 Å². The lowest BCUT2D eigenvalue weighted by Gasteiger charge is -2.21. The van der Waals surface area contributed by atoms with Gasteiger partial charge in [0.1, 0.15) is 23.4 Å². The van der Waals surface area contributed by atoms with Crippen molar-refractivity contribution in [2.75, 3.05) is 7.11 Å². The van der Waals surface area contributed by atoms with Crippen LogP contribution in [0.4, 0.5) is 4.39 Å². The number of ether oxygens (including phenoxy) is 1. The number of aromatic amines is 1. The van der Waals surface area contributed by atoms with Crippen LogP contribution in [0.1, 0.15) is 30.0 Å². The molecule has 3 aromatic rings. The molecule has 0 bridgehead atoms. The highest BCUT2D eigenvalue weighted by atomic mass is 19.1. The summed E-state index contributed by atoms with van der Waals surface area (Å²) in [6.45, 7) is 3.69. The van der Waals surface area contributed by atoms with Crippen LogP contribution in [-0.2, 0) is 11.3 Å². The molecular formula is C22H24FN5O3. The normalized spacial score (nSPS) is 11.8. The predicted molar refractivity (Wildman–Crippen MR) is 113 cm³/mol. The van der Waals surface area contributed by atoms with E-state index >= 15 is 0 Å². The molecule has 9 heteroatoms. The molecular weight excluding hydrogens is 401 g/mol. The van der Waals surface area contributed by atoms with Crippen LogP contribution in [0.25, 0.3) is 11.4 Å². The number of nitrogens with one attached hydrogen (secondary N) is 3. The van der Waals surface area contributed by atoms with Gasteiger partial charge in [-0.3, -0.25) is 14.7 Å². The van der Waals surface area contributed by atoms with Crippen LogP contribution in [0.5, 0.6) is 5.75 Å². The number of benzene rings is 2. The zero-order chi connectivity index (χ0) is 22.4. The molecule has 0 aliphatic rings. The molecule has 0 saturated heterocycles. The predicted octanol–water partition coefficient (Wildman–Crippen LogP) is 2.69. The van der Waals surface area contributed by atoms with Crippen molar-refractivity contribution in [3.8, 4) is 17.1 Å². The van der Waals surface area contributed by atoms with E-state index in [-0.39, 0.29) is 18.0 Å². The first-order valence-corrected chi connectivity index (χ1v) is 9.78. The maximum atomic E-state index is 13.9. The van der Waals surface area contributed by atoms with Gasteiger partial charge in [0.25, 0.3) is 5.91 Å². The van der Waals surface area contributed by atoms with E-state index in [4.69, 9.17) is 4.74 Å². The van der Waals surface area contributed by atoms with Gasteiger partial charge in [-0.25, -0.2) is 9.37 Å². The summed E-state index contributed by atoms with van der Waals surface area (Å²) >= 11 is 0. The van der Waals surface area contributed by atoms with Gasteiger partial charge in [0.2, 0.25) is 5.91 Å². The first-order valence-electron chi connectivity index (χ1n) is 9.78. The lowest BCUT2D eigenvalue weighted by Crippen LogP contribution is -2.49. The highest BCUT2D eigenvalue weighted by Gasteiger charge is 2.25. The van der Waals surface area contributed by atoms with Crippen LogP contribution in [0.15, 0.2) is 48.5 Å². The Bertz CT molecular complexity index is 1050. The van der Waals surface area contributed by atoms with Crippen LogP contribution in [0.3, 0.4) is 0 Å². The van der Waals surface area contributed by atoms with Crippen LogP contribution < -0.4 is 15.4 Å². The second kappa shape index (κ2) is 9.84. The molecule has 3 N–H and O–H groups in total. The molecule has 2 aromatic carbocycles. The fraction of sp³-hybridized carbons (Fsp3) is 0.273. The number of methoxy groups -OCH3 is 1. The van der Waals surface area contributed by atoms with Gasteiger partial charge in [0, 0.05) is 5.56 Å². The van der Waals surface area contributed by atoms with Crippen molar-refractivity contribution in [3.63, 3.8) is 0 Å². The molecule has 1 heterocycles. The molecule has 0 fully saturated rings. The number of hydrogen-bond donors (Lipinski definition) is 3. The molecule has 31 heavy (non-hydrogen) atoms. The van der Waals surface area contributed by atoms with Gasteiger partial charge in [0.05, 0.1) is 19.2 Å². The Morgan fingerprint density at radius 3 is 2.48 bits per heavy atom. The average Bonchev–Trinajstić information content (AvgIpc) is 3.25. The molecule has 162 valence electrons. The molecule has 0 aliphatic carbocycles. The van der Waals surface area contributed by atoms with Crippen molar-refractivity contribution >= 4 is 11.8 Å². The number of nitrogens with zero attached hydrogens (tertiary/aromatic N) is 2. The molecule has 1 unspecified atom stereocenters. The summed E-state index contributed by atoms with van der Waals surface area (Å²) in [5.41, 5.74) is 0.687. The van der Waals surface area contributed by atoms with E-state index < -0.39 is 23.7 Å². The Balaban J connectivity index is 1.62. The molecule has 8 nitrogen and oxygen atoms in total. The minimum Gasteiger partial charge on any atom is -0.497 e. The second-order valence-corrected chi connectivity index (χ2v) is 7.23. The number of aromatic nitrogens is 3. The Labute approximate surface area is 179 Å². The number of hydrogen-bond acceptors (Lipinski definition) is 5. The van der Waals surface area contributed by atoms with Crippen LogP contribution in [0, 0.1) is 11.7 Å². The minimum atomic E-state index is -0.837. The Morgan fingerprint density at radius 1 is 1.13 bits per heavy atom. The standard InChI is InChI=1S/C22H24FN5O3/c1-13(2)19(26-21(29)16-6-4-5-7-17(16)23)22(30)24-12-18-25-20(28-27-18)14-8-10-15(31-3)11-9-14/h4-11,13,19H,12H2,1-3H3,(H,24,30)(H,26,29)(H,25,27,28). The largest absolute Gasteiger partial charge is 0.497 e. The quantitative estimate of drug-likeness (QED) is 0.514. The van der Waals surface area contributed by atoms with Crippen LogP contribution in [0.2, 0.25) is 0 Å². The lowest BCUT2D eigenvalue weighted by atomic mass is 10.0. The number of amides is 2. The third-order valence-corrected chi connectivity index (χ3v) is 4.66. The Morgan fingerprint density at radius 2 is 1.84 bits per heavy atom. The molecule has 0 radical (unpaired) electrons. The highest BCUT2D eigenvalue weighted by molar-refractivity contribution is 5.97. The van der Waals surface area contributed by atoms with Gasteiger partial charge in [-0.2, -0.15) is 5.10 Å². The van der Waals surface area contributed by atoms with Gasteiger partial charge in [0.15, 0.2) is 5.82 Å². The molecule has 3 rings (SSSR count). The molecule has 2 amide bonds. The van der Waals surface area contributed by atoms with Gasteiger partial charge in [-0.05, 0) is 42.3 Å². The highest BCUT2D eigenvalue weighted by Crippen LogP contribution is 2.19. The number of H-pyrrole nitrogens is 1. The summed E-state index contributed by atoms with van der Waals surface area (Å²) in [6, 6.07) is 12.1. The summed E-state index contributed by atoms with van der Waals surface area (Å²) in [4.78, 5) is 29.4. The maximum absolute atomic E-state index is 13.9. The smallest absolute Gasteiger partial charge is 0.254 e. The minimum absolute atomic E-state index is 0.0980. The number of carbonyl (C=O) groups is 2. The first-order chi connectivity index (χ1) is 14.9. The van der Waals surface area contributed by atoms with E-state index in [1.165, 1.54) is 18.2 Å². The van der Waals surface area contributed by atoms with E-state index in [1.807, 2.05) is 12.1 Å². The topological polar surface area (TPSA) is 109 Å². The molecule has 0 saturated carbocycles. The fourth-order valence-corrected chi connectivity index (χ4v) is 2.92. The fourth-order valence-electron chi connectivity index (χ4n) is 2.92. The third-order valence-electron chi connectivity index (χ3n) is 4.66. The van der Waals surface area contributed by atoms with Crippen molar-refractivity contribution in [2.24, 2.45) is 5.92 Å². The van der Waals surface area contributed by atoms with Gasteiger partial charge < -0.3 is 15.4 Å². The van der Waals surface area contributed by atoms with Crippen LogP contribution >= 0.6 is 0 Å². The van der Waals surface area contributed by atoms with E-state index in [1.54, 1.807) is 39.2 Å². The lowest BCUT2D eigenvalue weighted by molar-refractivity contribution is -0.124. The monoisotopic (exact) mass is 425 g/mol. The van der Waals surface area contributed by atoms with E-state index in [0.717, 1.165) is 11.3 Å². The zero-order valence-corrected chi connectivity index (χ0v) is 17.5. The van der Waals surface area contributed by atoms with Crippen molar-refractivity contribution in [3.05, 3.63) is 65.7 Å². The van der Waals surface area contributed by atoms with E-state index in [2.05, 4.69) is 25.8 Å². The van der Waals surface area contributed by atoms with Crippen molar-refractivity contribution in [2.45, 2.75) is 26.4 Å². The Kier molecular flexibility index (Phi) is 6.96. The average molecular weight is 425 g/mol. The van der Waals surface area contributed by atoms with E-state index in [0.29, 0.717) is 11.6 Å². The SMILES string of the molecule is COc1ccc(-c2n[nH]c(CNC(=O)C(NC(=O)c3ccccc3F)C(C)C)n2)cc1. The third kappa shape index (κ3) is 5.44. The van der Waals surface area contributed by atoms with Crippen molar-refractivity contribution < 1.29 is 18.7 Å². The first kappa shape index (κ1) is 21.9. The molecule has 0 spiro atoms. The van der Waals surface area contributed by atoms with Crippen LogP contribution in [-0.4, -0.2) is 40.1 Å². The number of halogens is 1. The van der Waals surface area contributed by atoms with Crippen molar-refractivity contribution in [1.29, 1.82) is 0 Å². The Hall–Kier alpha value is -3.75. The van der Waals surface area contributed by atoms with E-state index in [9.17, 15) is 14.0 Å². The zero-order valence-electron chi connectivity index (χ0n) is 17.5. The summed E-state index contributed by atoms with van der Waals surface area (Å²) in [6.07, 6.45) is 0. The summed E-state index contributed by atoms with van der Waals surface area (Å²) in [7, 11) is 1.59. The number of carbonyl (C=O) groups excluding carboxylic acids is 2. The maximum Gasteiger partial charge on any atom is 0.254 e. The molecule has 1 aromatic heterocycles. The summed E-state index contributed by atoms with van der Waals surface area (Å²) < 4.78 is 19.0. The molecule has 1 atom stereocenters. The van der Waals surface area contributed by atoms with Crippen molar-refractivity contribution in [1.82, 2.24) is 25.8 Å².